The summed E-state index contributed by atoms with van der Waals surface area (Å²) in [5.41, 5.74) is 2.05. The molecule has 0 unspecified atom stereocenters. The summed E-state index contributed by atoms with van der Waals surface area (Å²) in [6.45, 7) is 3.31. The van der Waals surface area contributed by atoms with Crippen LogP contribution in [0.2, 0.25) is 0 Å². The predicted octanol–water partition coefficient (Wildman–Crippen LogP) is 1.74. The molecule has 1 fully saturated rings. The summed E-state index contributed by atoms with van der Waals surface area (Å²) in [7, 11) is 0. The lowest BCUT2D eigenvalue weighted by Gasteiger charge is -2.33. The van der Waals surface area contributed by atoms with E-state index >= 15 is 0 Å². The molecule has 0 bridgehead atoms. The van der Waals surface area contributed by atoms with E-state index in [1.807, 2.05) is 29.5 Å². The molecule has 0 aliphatic carbocycles. The second kappa shape index (κ2) is 7.00. The Balaban J connectivity index is 1.87. The number of nitrogens with zero attached hydrogens (tertiary/aromatic N) is 3. The molecular weight excluding hydrogens is 310 g/mol. The lowest BCUT2D eigenvalue weighted by molar-refractivity contribution is -0.137. The number of rotatable bonds is 5. The van der Waals surface area contributed by atoms with Gasteiger partial charge in [-0.05, 0) is 31.9 Å². The van der Waals surface area contributed by atoms with Crippen molar-refractivity contribution in [3.63, 3.8) is 0 Å². The van der Waals surface area contributed by atoms with E-state index in [0.29, 0.717) is 24.6 Å². The van der Waals surface area contributed by atoms with Crippen molar-refractivity contribution in [2.24, 2.45) is 0 Å². The van der Waals surface area contributed by atoms with Crippen LogP contribution in [0.3, 0.4) is 0 Å². The third-order valence-electron chi connectivity index (χ3n) is 4.37. The maximum absolute atomic E-state index is 13.0. The number of carbonyl (C=O) groups is 2. The second-order valence-electron chi connectivity index (χ2n) is 6.01. The number of fused-ring (bicyclic) bond motifs is 1. The Morgan fingerprint density at radius 1 is 1.38 bits per heavy atom. The minimum atomic E-state index is -0.911. The fraction of sp³-hybridized carbons (Fsp3) is 0.471. The number of ether oxygens (including phenoxy) is 1. The SMILES string of the molecule is Cc1cccc2nc(C(=O)N(CCC(=O)O)C3CCOCC3)cn12. The summed E-state index contributed by atoms with van der Waals surface area (Å²) in [5.74, 6) is -1.13. The number of pyridine rings is 1. The Bertz CT molecular complexity index is 749. The lowest BCUT2D eigenvalue weighted by atomic mass is 10.1. The topological polar surface area (TPSA) is 84.1 Å². The third-order valence-corrected chi connectivity index (χ3v) is 4.37. The van der Waals surface area contributed by atoms with Crippen molar-refractivity contribution in [1.82, 2.24) is 14.3 Å². The molecule has 1 N–H and O–H groups in total. The van der Waals surface area contributed by atoms with Crippen molar-refractivity contribution in [1.29, 1.82) is 0 Å². The molecule has 1 aliphatic rings. The van der Waals surface area contributed by atoms with Gasteiger partial charge in [-0.3, -0.25) is 9.59 Å². The lowest BCUT2D eigenvalue weighted by Crippen LogP contribution is -2.44. The van der Waals surface area contributed by atoms with Gasteiger partial charge in [0.2, 0.25) is 0 Å². The first-order valence-corrected chi connectivity index (χ1v) is 8.11. The van der Waals surface area contributed by atoms with Crippen LogP contribution in [0.1, 0.15) is 35.4 Å². The Hall–Kier alpha value is -2.41. The van der Waals surface area contributed by atoms with E-state index in [4.69, 9.17) is 9.84 Å². The van der Waals surface area contributed by atoms with Crippen LogP contribution in [0.4, 0.5) is 0 Å². The highest BCUT2D eigenvalue weighted by atomic mass is 16.5. The highest BCUT2D eigenvalue weighted by molar-refractivity contribution is 5.93. The van der Waals surface area contributed by atoms with Gasteiger partial charge in [-0.2, -0.15) is 0 Å². The Morgan fingerprint density at radius 2 is 2.12 bits per heavy atom. The molecule has 128 valence electrons. The zero-order valence-electron chi connectivity index (χ0n) is 13.6. The molecule has 7 heteroatoms. The monoisotopic (exact) mass is 331 g/mol. The number of aliphatic carboxylic acids is 1. The highest BCUT2D eigenvalue weighted by Gasteiger charge is 2.28. The molecule has 1 saturated heterocycles. The van der Waals surface area contributed by atoms with Crippen LogP contribution in [-0.2, 0) is 9.53 Å². The number of imidazole rings is 1. The quantitative estimate of drug-likeness (QED) is 0.902. The maximum atomic E-state index is 13.0. The summed E-state index contributed by atoms with van der Waals surface area (Å²) in [4.78, 5) is 30.0. The Morgan fingerprint density at radius 3 is 2.79 bits per heavy atom. The first-order chi connectivity index (χ1) is 11.6. The molecule has 2 aromatic heterocycles. The van der Waals surface area contributed by atoms with E-state index in [1.165, 1.54) is 0 Å². The molecule has 0 saturated carbocycles. The van der Waals surface area contributed by atoms with Gasteiger partial charge in [0.05, 0.1) is 6.42 Å². The summed E-state index contributed by atoms with van der Waals surface area (Å²) in [5, 5.41) is 8.98. The van der Waals surface area contributed by atoms with Gasteiger partial charge in [0, 0.05) is 37.7 Å². The van der Waals surface area contributed by atoms with Gasteiger partial charge in [-0.15, -0.1) is 0 Å². The van der Waals surface area contributed by atoms with Gasteiger partial charge < -0.3 is 19.1 Å². The fourth-order valence-electron chi connectivity index (χ4n) is 3.06. The normalized spacial score (nSPS) is 15.5. The summed E-state index contributed by atoms with van der Waals surface area (Å²) < 4.78 is 7.22. The summed E-state index contributed by atoms with van der Waals surface area (Å²) in [6.07, 6.45) is 3.09. The van der Waals surface area contributed by atoms with E-state index in [2.05, 4.69) is 4.98 Å². The number of aryl methyl sites for hydroxylation is 1. The fourth-order valence-corrected chi connectivity index (χ4v) is 3.06. The van der Waals surface area contributed by atoms with Gasteiger partial charge >= 0.3 is 5.97 Å². The zero-order valence-corrected chi connectivity index (χ0v) is 13.6. The Kier molecular flexibility index (Phi) is 4.80. The van der Waals surface area contributed by atoms with Crippen molar-refractivity contribution in [3.05, 3.63) is 35.8 Å². The van der Waals surface area contributed by atoms with Crippen molar-refractivity contribution in [2.45, 2.75) is 32.2 Å². The van der Waals surface area contributed by atoms with Gasteiger partial charge in [-0.25, -0.2) is 4.98 Å². The van der Waals surface area contributed by atoms with Gasteiger partial charge in [0.15, 0.2) is 0 Å². The Labute approximate surface area is 139 Å². The summed E-state index contributed by atoms with van der Waals surface area (Å²) >= 11 is 0. The molecule has 2 aromatic rings. The molecule has 0 spiro atoms. The number of carboxylic acid groups (broad SMARTS) is 1. The number of hydrogen-bond acceptors (Lipinski definition) is 4. The average Bonchev–Trinajstić information content (AvgIpc) is 3.01. The smallest absolute Gasteiger partial charge is 0.305 e. The summed E-state index contributed by atoms with van der Waals surface area (Å²) in [6, 6.07) is 5.69. The molecule has 0 atom stereocenters. The molecule has 0 radical (unpaired) electrons. The van der Waals surface area contributed by atoms with Crippen molar-refractivity contribution < 1.29 is 19.4 Å². The average molecular weight is 331 g/mol. The second-order valence-corrected chi connectivity index (χ2v) is 6.01. The van der Waals surface area contributed by atoms with Crippen LogP contribution in [-0.4, -0.2) is 57.1 Å². The van der Waals surface area contributed by atoms with Crippen LogP contribution < -0.4 is 0 Å². The van der Waals surface area contributed by atoms with Gasteiger partial charge in [0.1, 0.15) is 11.3 Å². The predicted molar refractivity (Wildman–Crippen MR) is 87.1 cm³/mol. The van der Waals surface area contributed by atoms with E-state index in [0.717, 1.165) is 18.5 Å². The first kappa shape index (κ1) is 16.4. The van der Waals surface area contributed by atoms with Crippen molar-refractivity contribution in [3.8, 4) is 0 Å². The van der Waals surface area contributed by atoms with Crippen LogP contribution >= 0.6 is 0 Å². The molecule has 1 aliphatic heterocycles. The van der Waals surface area contributed by atoms with E-state index in [1.54, 1.807) is 11.1 Å². The molecule has 24 heavy (non-hydrogen) atoms. The minimum Gasteiger partial charge on any atom is -0.481 e. The van der Waals surface area contributed by atoms with Crippen molar-refractivity contribution in [2.75, 3.05) is 19.8 Å². The van der Waals surface area contributed by atoms with E-state index < -0.39 is 5.97 Å². The molecular formula is C17H21N3O4. The first-order valence-electron chi connectivity index (χ1n) is 8.11. The standard InChI is InChI=1S/C17H21N3O4/c1-12-3-2-4-15-18-14(11-20(12)15)17(23)19(8-5-16(21)22)13-6-9-24-10-7-13/h2-4,11,13H,5-10H2,1H3,(H,21,22). The molecule has 7 nitrogen and oxygen atoms in total. The third kappa shape index (κ3) is 3.41. The number of hydrogen-bond donors (Lipinski definition) is 1. The molecule has 3 heterocycles. The van der Waals surface area contributed by atoms with Crippen LogP contribution in [0, 0.1) is 6.92 Å². The van der Waals surface area contributed by atoms with Gasteiger partial charge in [-0.1, -0.05) is 6.07 Å². The number of amides is 1. The van der Waals surface area contributed by atoms with Crippen molar-refractivity contribution >= 4 is 17.5 Å². The van der Waals surface area contributed by atoms with Crippen LogP contribution in [0.25, 0.3) is 5.65 Å². The molecule has 1 amide bonds. The number of carbonyl (C=O) groups excluding carboxylic acids is 1. The molecule has 0 aromatic carbocycles. The van der Waals surface area contributed by atoms with E-state index in [9.17, 15) is 9.59 Å². The largest absolute Gasteiger partial charge is 0.481 e. The van der Waals surface area contributed by atoms with Crippen LogP contribution in [0.15, 0.2) is 24.4 Å². The number of aromatic nitrogens is 2. The maximum Gasteiger partial charge on any atom is 0.305 e. The zero-order chi connectivity index (χ0) is 17.1. The highest BCUT2D eigenvalue weighted by Crippen LogP contribution is 2.19. The molecule has 3 rings (SSSR count). The van der Waals surface area contributed by atoms with E-state index in [-0.39, 0.29) is 24.9 Å². The minimum absolute atomic E-state index is 0.00323. The van der Waals surface area contributed by atoms with Crippen LogP contribution in [0.5, 0.6) is 0 Å². The number of carboxylic acids is 1. The van der Waals surface area contributed by atoms with Gasteiger partial charge in [0.25, 0.3) is 5.91 Å².